The number of ether oxygens (including phenoxy) is 3. The van der Waals surface area contributed by atoms with E-state index in [4.69, 9.17) is 14.2 Å². The largest absolute Gasteiger partial charge is 0.379 e. The Morgan fingerprint density at radius 2 is 1.20 bits per heavy atom. The highest BCUT2D eigenvalue weighted by Crippen LogP contribution is 1.88. The maximum absolute atomic E-state index is 5.34. The topological polar surface area (TPSA) is 27.7 Å². The quantitative estimate of drug-likeness (QED) is 0.416. The smallest absolute Gasteiger partial charge is 0.0701 e. The zero-order chi connectivity index (χ0) is 11.2. The van der Waals surface area contributed by atoms with E-state index in [0.29, 0.717) is 26.4 Å². The summed E-state index contributed by atoms with van der Waals surface area (Å²) in [5.41, 5.74) is 0. The second-order valence-corrected chi connectivity index (χ2v) is 3.72. The van der Waals surface area contributed by atoms with Crippen LogP contribution in [0.2, 0.25) is 0 Å². The molecule has 0 aromatic rings. The summed E-state index contributed by atoms with van der Waals surface area (Å²) in [5, 5.41) is 0. The zero-order valence-corrected chi connectivity index (χ0v) is 10.6. The lowest BCUT2D eigenvalue weighted by Gasteiger charge is -2.05. The molecule has 0 saturated heterocycles. The lowest BCUT2D eigenvalue weighted by atomic mass is 10.4. The molecule has 92 valence electrons. The number of unbranched alkanes of at least 4 members (excludes halogenated alkanes) is 1. The van der Waals surface area contributed by atoms with E-state index in [1.807, 2.05) is 0 Å². The molecule has 0 atom stereocenters. The van der Waals surface area contributed by atoms with Crippen molar-refractivity contribution in [3.63, 3.8) is 0 Å². The molecule has 0 fully saturated rings. The van der Waals surface area contributed by atoms with Gasteiger partial charge in [-0.3, -0.25) is 0 Å². The van der Waals surface area contributed by atoms with Gasteiger partial charge in [-0.1, -0.05) is 13.3 Å². The average Bonchev–Trinajstić information content (AvgIpc) is 2.26. The van der Waals surface area contributed by atoms with Crippen LogP contribution in [0.5, 0.6) is 0 Å². The lowest BCUT2D eigenvalue weighted by molar-refractivity contribution is 0.0143. The van der Waals surface area contributed by atoms with Crippen LogP contribution in [0, 0.1) is 0 Å². The van der Waals surface area contributed by atoms with E-state index in [9.17, 15) is 0 Å². The van der Waals surface area contributed by atoms with Crippen molar-refractivity contribution in [2.24, 2.45) is 0 Å². The molecule has 0 bridgehead atoms. The Morgan fingerprint density at radius 1 is 0.733 bits per heavy atom. The average molecular weight is 236 g/mol. The van der Waals surface area contributed by atoms with Gasteiger partial charge in [0, 0.05) is 13.2 Å². The van der Waals surface area contributed by atoms with E-state index in [2.05, 4.69) is 19.6 Å². The van der Waals surface area contributed by atoms with E-state index in [1.54, 1.807) is 0 Å². The molecule has 0 N–H and O–H groups in total. The molecule has 15 heavy (non-hydrogen) atoms. The normalized spacial score (nSPS) is 10.8. The number of hydrogen-bond acceptors (Lipinski definition) is 4. The molecule has 0 radical (unpaired) electrons. The number of hydrogen-bond donors (Lipinski definition) is 1. The summed E-state index contributed by atoms with van der Waals surface area (Å²) in [7, 11) is 0. The fraction of sp³-hybridized carbons (Fsp3) is 1.00. The van der Waals surface area contributed by atoms with Crippen molar-refractivity contribution in [1.29, 1.82) is 0 Å². The van der Waals surface area contributed by atoms with E-state index < -0.39 is 0 Å². The lowest BCUT2D eigenvalue weighted by Crippen LogP contribution is -2.10. The summed E-state index contributed by atoms with van der Waals surface area (Å²) in [6, 6.07) is 0. The highest BCUT2D eigenvalue weighted by Gasteiger charge is 1.91. The Bertz CT molecular complexity index is 100. The molecule has 0 aliphatic rings. The van der Waals surface area contributed by atoms with Gasteiger partial charge in [-0.2, -0.15) is 12.6 Å². The van der Waals surface area contributed by atoms with Crippen LogP contribution in [0.15, 0.2) is 0 Å². The van der Waals surface area contributed by atoms with Crippen molar-refractivity contribution in [2.45, 2.75) is 26.2 Å². The molecule has 4 heteroatoms. The molecule has 0 unspecified atom stereocenters. The third-order valence-corrected chi connectivity index (χ3v) is 2.15. The second kappa shape index (κ2) is 14.2. The van der Waals surface area contributed by atoms with Crippen molar-refractivity contribution in [3.8, 4) is 0 Å². The number of thiol groups is 1. The minimum Gasteiger partial charge on any atom is -0.379 e. The second-order valence-electron chi connectivity index (χ2n) is 3.27. The van der Waals surface area contributed by atoms with Gasteiger partial charge in [0.05, 0.1) is 26.4 Å². The van der Waals surface area contributed by atoms with Crippen LogP contribution < -0.4 is 0 Å². The van der Waals surface area contributed by atoms with Crippen LogP contribution in [-0.4, -0.2) is 45.4 Å². The SMILES string of the molecule is CCCCOCCOCCOCCCS. The monoisotopic (exact) mass is 236 g/mol. The first-order chi connectivity index (χ1) is 7.41. The molecule has 0 aliphatic heterocycles. The van der Waals surface area contributed by atoms with Gasteiger partial charge in [0.15, 0.2) is 0 Å². The summed E-state index contributed by atoms with van der Waals surface area (Å²) in [6.07, 6.45) is 3.32. The van der Waals surface area contributed by atoms with Crippen molar-refractivity contribution in [3.05, 3.63) is 0 Å². The summed E-state index contributed by atoms with van der Waals surface area (Å²) < 4.78 is 16.0. The van der Waals surface area contributed by atoms with Crippen molar-refractivity contribution in [2.75, 3.05) is 45.4 Å². The van der Waals surface area contributed by atoms with Crippen molar-refractivity contribution < 1.29 is 14.2 Å². The van der Waals surface area contributed by atoms with Gasteiger partial charge < -0.3 is 14.2 Å². The first-order valence-corrected chi connectivity index (χ1v) is 6.39. The highest BCUT2D eigenvalue weighted by atomic mass is 32.1. The fourth-order valence-corrected chi connectivity index (χ4v) is 1.08. The molecular weight excluding hydrogens is 212 g/mol. The Morgan fingerprint density at radius 3 is 1.67 bits per heavy atom. The Labute approximate surface area is 98.9 Å². The van der Waals surface area contributed by atoms with Crippen LogP contribution in [0.3, 0.4) is 0 Å². The molecule has 3 nitrogen and oxygen atoms in total. The molecule has 0 aliphatic carbocycles. The van der Waals surface area contributed by atoms with E-state index in [-0.39, 0.29) is 0 Å². The number of rotatable bonds is 12. The molecule has 0 amide bonds. The third-order valence-electron chi connectivity index (χ3n) is 1.83. The molecule has 0 heterocycles. The van der Waals surface area contributed by atoms with E-state index in [0.717, 1.165) is 31.8 Å². The first-order valence-electron chi connectivity index (χ1n) is 5.76. The summed E-state index contributed by atoms with van der Waals surface area (Å²) in [5.74, 6) is 0.881. The van der Waals surface area contributed by atoms with Gasteiger partial charge in [0.1, 0.15) is 0 Å². The minimum atomic E-state index is 0.656. The predicted molar refractivity (Wildman–Crippen MR) is 65.8 cm³/mol. The summed E-state index contributed by atoms with van der Waals surface area (Å²) >= 11 is 4.09. The summed E-state index contributed by atoms with van der Waals surface area (Å²) in [6.45, 7) is 6.46. The van der Waals surface area contributed by atoms with Crippen molar-refractivity contribution >= 4 is 12.6 Å². The summed E-state index contributed by atoms with van der Waals surface area (Å²) in [4.78, 5) is 0. The Kier molecular flexibility index (Phi) is 14.4. The zero-order valence-electron chi connectivity index (χ0n) is 9.74. The van der Waals surface area contributed by atoms with Crippen LogP contribution >= 0.6 is 12.6 Å². The van der Waals surface area contributed by atoms with Crippen molar-refractivity contribution in [1.82, 2.24) is 0 Å². The van der Waals surface area contributed by atoms with Crippen LogP contribution in [0.25, 0.3) is 0 Å². The van der Waals surface area contributed by atoms with Gasteiger partial charge in [0.2, 0.25) is 0 Å². The third kappa shape index (κ3) is 14.2. The molecular formula is C11H24O3S. The van der Waals surface area contributed by atoms with Crippen LogP contribution in [0.4, 0.5) is 0 Å². The molecule has 0 aromatic heterocycles. The first kappa shape index (κ1) is 15.2. The van der Waals surface area contributed by atoms with Gasteiger partial charge in [-0.25, -0.2) is 0 Å². The molecule has 0 spiro atoms. The fourth-order valence-electron chi connectivity index (χ4n) is 0.955. The van der Waals surface area contributed by atoms with Crippen LogP contribution in [0.1, 0.15) is 26.2 Å². The van der Waals surface area contributed by atoms with Gasteiger partial charge in [0.25, 0.3) is 0 Å². The van der Waals surface area contributed by atoms with Gasteiger partial charge in [-0.05, 0) is 18.6 Å². The predicted octanol–water partition coefficient (Wildman–Crippen LogP) is 2.16. The van der Waals surface area contributed by atoms with Gasteiger partial charge in [-0.15, -0.1) is 0 Å². The van der Waals surface area contributed by atoms with Crippen LogP contribution in [-0.2, 0) is 14.2 Å². The highest BCUT2D eigenvalue weighted by molar-refractivity contribution is 7.80. The Balaban J connectivity index is 2.81. The standard InChI is InChI=1S/C11H24O3S/c1-2-3-5-12-7-9-14-10-8-13-6-4-11-15/h15H,2-11H2,1H3. The molecule has 0 saturated carbocycles. The van der Waals surface area contributed by atoms with E-state index >= 15 is 0 Å². The molecule has 0 rings (SSSR count). The maximum atomic E-state index is 5.34. The van der Waals surface area contributed by atoms with Gasteiger partial charge >= 0.3 is 0 Å². The van der Waals surface area contributed by atoms with E-state index in [1.165, 1.54) is 6.42 Å². The Hall–Kier alpha value is 0.230. The maximum Gasteiger partial charge on any atom is 0.0701 e. The molecule has 0 aromatic carbocycles. The minimum absolute atomic E-state index is 0.656.